The maximum absolute atomic E-state index is 5.08. The summed E-state index contributed by atoms with van der Waals surface area (Å²) in [6.45, 7) is 0. The Morgan fingerprint density at radius 1 is 1.57 bits per heavy atom. The number of ether oxygens (including phenoxy) is 1. The Morgan fingerprint density at radius 3 is 2.93 bits per heavy atom. The van der Waals surface area contributed by atoms with Gasteiger partial charge in [-0.2, -0.15) is 4.98 Å². The Hall–Kier alpha value is -0.840. The predicted molar refractivity (Wildman–Crippen MR) is 57.5 cm³/mol. The molecule has 0 atom stereocenters. The fourth-order valence-corrected chi connectivity index (χ4v) is 1.65. The highest BCUT2D eigenvalue weighted by molar-refractivity contribution is 9.10. The van der Waals surface area contributed by atoms with E-state index in [1.165, 1.54) is 19.3 Å². The lowest BCUT2D eigenvalue weighted by molar-refractivity contribution is 0.392. The molecule has 4 nitrogen and oxygen atoms in total. The zero-order valence-electron chi connectivity index (χ0n) is 7.96. The van der Waals surface area contributed by atoms with Crippen molar-refractivity contribution in [2.45, 2.75) is 25.3 Å². The SMILES string of the molecule is COc1nc(NC2CCC2)ncc1Br. The van der Waals surface area contributed by atoms with Crippen molar-refractivity contribution in [1.29, 1.82) is 0 Å². The first-order valence-electron chi connectivity index (χ1n) is 4.62. The van der Waals surface area contributed by atoms with Crippen LogP contribution in [0.2, 0.25) is 0 Å². The Bertz CT molecular complexity index is 328. The van der Waals surface area contributed by atoms with E-state index in [9.17, 15) is 0 Å². The molecule has 1 heterocycles. The van der Waals surface area contributed by atoms with Crippen LogP contribution in [0.15, 0.2) is 10.7 Å². The van der Waals surface area contributed by atoms with E-state index in [0.717, 1.165) is 4.47 Å². The molecule has 0 bridgehead atoms. The highest BCUT2D eigenvalue weighted by Gasteiger charge is 2.18. The first-order chi connectivity index (χ1) is 6.79. The molecule has 2 rings (SSSR count). The van der Waals surface area contributed by atoms with Crippen LogP contribution < -0.4 is 10.1 Å². The lowest BCUT2D eigenvalue weighted by Gasteiger charge is -2.26. The number of nitrogens with one attached hydrogen (secondary N) is 1. The Kier molecular flexibility index (Phi) is 2.86. The van der Waals surface area contributed by atoms with Crippen LogP contribution in [-0.4, -0.2) is 23.1 Å². The fraction of sp³-hybridized carbons (Fsp3) is 0.556. The summed E-state index contributed by atoms with van der Waals surface area (Å²) >= 11 is 3.31. The molecule has 1 aliphatic carbocycles. The van der Waals surface area contributed by atoms with Crippen LogP contribution in [-0.2, 0) is 0 Å². The second kappa shape index (κ2) is 4.13. The monoisotopic (exact) mass is 257 g/mol. The first kappa shape index (κ1) is 9.71. The predicted octanol–water partition coefficient (Wildman–Crippen LogP) is 2.21. The second-order valence-electron chi connectivity index (χ2n) is 3.32. The van der Waals surface area contributed by atoms with E-state index in [1.807, 2.05) is 0 Å². The zero-order chi connectivity index (χ0) is 9.97. The molecule has 76 valence electrons. The average Bonchev–Trinajstić information content (AvgIpc) is 2.14. The van der Waals surface area contributed by atoms with Gasteiger partial charge in [-0.05, 0) is 35.2 Å². The highest BCUT2D eigenvalue weighted by Crippen LogP contribution is 2.25. The molecule has 0 aliphatic heterocycles. The molecule has 0 aromatic carbocycles. The number of hydrogen-bond donors (Lipinski definition) is 1. The van der Waals surface area contributed by atoms with Gasteiger partial charge in [0.15, 0.2) is 0 Å². The van der Waals surface area contributed by atoms with E-state index in [1.54, 1.807) is 13.3 Å². The van der Waals surface area contributed by atoms with Crippen molar-refractivity contribution >= 4 is 21.9 Å². The quantitative estimate of drug-likeness (QED) is 0.902. The molecule has 14 heavy (non-hydrogen) atoms. The van der Waals surface area contributed by atoms with Crippen molar-refractivity contribution in [1.82, 2.24) is 9.97 Å². The minimum Gasteiger partial charge on any atom is -0.480 e. The normalized spacial score (nSPS) is 16.1. The van der Waals surface area contributed by atoms with Crippen molar-refractivity contribution in [3.05, 3.63) is 10.7 Å². The maximum Gasteiger partial charge on any atom is 0.232 e. The van der Waals surface area contributed by atoms with Crippen molar-refractivity contribution < 1.29 is 4.74 Å². The molecule has 1 aromatic heterocycles. The Balaban J connectivity index is 2.09. The second-order valence-corrected chi connectivity index (χ2v) is 4.18. The van der Waals surface area contributed by atoms with Gasteiger partial charge in [-0.1, -0.05) is 0 Å². The average molecular weight is 258 g/mol. The molecule has 1 fully saturated rings. The number of methoxy groups -OCH3 is 1. The fourth-order valence-electron chi connectivity index (χ4n) is 1.30. The van der Waals surface area contributed by atoms with Gasteiger partial charge in [-0.25, -0.2) is 4.98 Å². The summed E-state index contributed by atoms with van der Waals surface area (Å²) in [5, 5.41) is 3.26. The molecule has 0 saturated heterocycles. The molecule has 1 aromatic rings. The minimum atomic E-state index is 0.542. The Labute approximate surface area is 91.2 Å². The molecule has 0 amide bonds. The third-order valence-electron chi connectivity index (χ3n) is 2.34. The molecular weight excluding hydrogens is 246 g/mol. The summed E-state index contributed by atoms with van der Waals surface area (Å²) < 4.78 is 5.86. The largest absolute Gasteiger partial charge is 0.480 e. The zero-order valence-corrected chi connectivity index (χ0v) is 9.54. The number of halogens is 1. The smallest absolute Gasteiger partial charge is 0.232 e. The summed E-state index contributed by atoms with van der Waals surface area (Å²) in [6, 6.07) is 0.542. The summed E-state index contributed by atoms with van der Waals surface area (Å²) in [5.41, 5.74) is 0. The van der Waals surface area contributed by atoms with E-state index < -0.39 is 0 Å². The molecule has 0 radical (unpaired) electrons. The highest BCUT2D eigenvalue weighted by atomic mass is 79.9. The van der Waals surface area contributed by atoms with Crippen LogP contribution in [0.5, 0.6) is 5.88 Å². The van der Waals surface area contributed by atoms with Crippen molar-refractivity contribution in [2.75, 3.05) is 12.4 Å². The lowest BCUT2D eigenvalue weighted by Crippen LogP contribution is -2.28. The van der Waals surface area contributed by atoms with Crippen LogP contribution in [0.25, 0.3) is 0 Å². The summed E-state index contributed by atoms with van der Waals surface area (Å²) in [6.07, 6.45) is 5.42. The lowest BCUT2D eigenvalue weighted by atomic mass is 9.93. The van der Waals surface area contributed by atoms with Gasteiger partial charge in [0.2, 0.25) is 11.8 Å². The first-order valence-corrected chi connectivity index (χ1v) is 5.42. The maximum atomic E-state index is 5.08. The summed E-state index contributed by atoms with van der Waals surface area (Å²) in [5.74, 6) is 1.22. The number of aromatic nitrogens is 2. The molecule has 1 aliphatic rings. The van der Waals surface area contributed by atoms with Gasteiger partial charge in [0.25, 0.3) is 0 Å². The molecule has 1 saturated carbocycles. The number of nitrogens with zero attached hydrogens (tertiary/aromatic N) is 2. The topological polar surface area (TPSA) is 47.0 Å². The standard InChI is InChI=1S/C9H12BrN3O/c1-14-8-7(10)5-11-9(13-8)12-6-3-2-4-6/h5-6H,2-4H2,1H3,(H,11,12,13). The van der Waals surface area contributed by atoms with Crippen molar-refractivity contribution in [3.8, 4) is 5.88 Å². The number of rotatable bonds is 3. The van der Waals surface area contributed by atoms with Crippen molar-refractivity contribution in [2.24, 2.45) is 0 Å². The van der Waals surface area contributed by atoms with E-state index in [4.69, 9.17) is 4.74 Å². The van der Waals surface area contributed by atoms with Crippen molar-refractivity contribution in [3.63, 3.8) is 0 Å². The van der Waals surface area contributed by atoms with E-state index in [0.29, 0.717) is 17.9 Å². The number of anilines is 1. The summed E-state index contributed by atoms with van der Waals surface area (Å²) in [7, 11) is 1.60. The molecule has 5 heteroatoms. The van der Waals surface area contributed by atoms with Gasteiger partial charge in [0.05, 0.1) is 17.8 Å². The van der Waals surface area contributed by atoms with Gasteiger partial charge < -0.3 is 10.1 Å². The van der Waals surface area contributed by atoms with Gasteiger partial charge in [0.1, 0.15) is 0 Å². The minimum absolute atomic E-state index is 0.542. The van der Waals surface area contributed by atoms with Crippen LogP contribution in [0.1, 0.15) is 19.3 Å². The van der Waals surface area contributed by atoms with Gasteiger partial charge in [-0.15, -0.1) is 0 Å². The van der Waals surface area contributed by atoms with E-state index >= 15 is 0 Å². The third kappa shape index (κ3) is 1.97. The van der Waals surface area contributed by atoms with Gasteiger partial charge >= 0.3 is 0 Å². The molecule has 0 unspecified atom stereocenters. The van der Waals surface area contributed by atoms with Crippen LogP contribution >= 0.6 is 15.9 Å². The summed E-state index contributed by atoms with van der Waals surface area (Å²) in [4.78, 5) is 8.38. The van der Waals surface area contributed by atoms with Crippen LogP contribution in [0.3, 0.4) is 0 Å². The molecule has 1 N–H and O–H groups in total. The molecule has 0 spiro atoms. The molecular formula is C9H12BrN3O. The van der Waals surface area contributed by atoms with Gasteiger partial charge in [-0.3, -0.25) is 0 Å². The van der Waals surface area contributed by atoms with Gasteiger partial charge in [0, 0.05) is 6.04 Å². The van der Waals surface area contributed by atoms with E-state index in [2.05, 4.69) is 31.2 Å². The third-order valence-corrected chi connectivity index (χ3v) is 2.89. The Morgan fingerprint density at radius 2 is 2.36 bits per heavy atom. The number of hydrogen-bond acceptors (Lipinski definition) is 4. The van der Waals surface area contributed by atoms with E-state index in [-0.39, 0.29) is 0 Å². The van der Waals surface area contributed by atoms with Crippen LogP contribution in [0.4, 0.5) is 5.95 Å². The van der Waals surface area contributed by atoms with Crippen LogP contribution in [0, 0.1) is 0 Å².